The number of rotatable bonds is 1. The molecule has 0 fully saturated rings. The van der Waals surface area contributed by atoms with Crippen LogP contribution in [0.15, 0.2) is 33.7 Å². The molecule has 5 nitrogen and oxygen atoms in total. The van der Waals surface area contributed by atoms with Crippen LogP contribution in [0.2, 0.25) is 0 Å². The van der Waals surface area contributed by atoms with E-state index in [1.54, 1.807) is 6.07 Å². The molecule has 0 spiro atoms. The predicted octanol–water partition coefficient (Wildman–Crippen LogP) is 2.90. The van der Waals surface area contributed by atoms with Gasteiger partial charge in [-0.15, -0.1) is 0 Å². The highest BCUT2D eigenvalue weighted by atomic mass is 16.5. The van der Waals surface area contributed by atoms with E-state index in [-0.39, 0.29) is 16.6 Å². The molecular weight excluding hydrogens is 272 g/mol. The zero-order valence-electron chi connectivity index (χ0n) is 11.9. The average Bonchev–Trinajstić information content (AvgIpc) is 2.36. The highest BCUT2D eigenvalue weighted by Crippen LogP contribution is 2.39. The van der Waals surface area contributed by atoms with Crippen molar-refractivity contribution in [1.29, 1.82) is 0 Å². The molecule has 5 heteroatoms. The van der Waals surface area contributed by atoms with Gasteiger partial charge in [-0.3, -0.25) is 9.59 Å². The molecule has 1 aromatic carbocycles. The quantitative estimate of drug-likeness (QED) is 0.595. The summed E-state index contributed by atoms with van der Waals surface area (Å²) in [4.78, 5) is 23.3. The van der Waals surface area contributed by atoms with Gasteiger partial charge in [0.15, 0.2) is 11.0 Å². The summed E-state index contributed by atoms with van der Waals surface area (Å²) < 4.78 is 16.4. The van der Waals surface area contributed by atoms with Crippen molar-refractivity contribution in [3.63, 3.8) is 0 Å². The second-order valence-electron chi connectivity index (χ2n) is 5.41. The van der Waals surface area contributed by atoms with Crippen LogP contribution in [0, 0.1) is 0 Å². The Morgan fingerprint density at radius 2 is 2.10 bits per heavy atom. The first-order valence-corrected chi connectivity index (χ1v) is 6.52. The van der Waals surface area contributed by atoms with Crippen LogP contribution in [0.5, 0.6) is 11.5 Å². The van der Waals surface area contributed by atoms with Crippen molar-refractivity contribution < 1.29 is 18.7 Å². The first-order valence-electron chi connectivity index (χ1n) is 6.52. The summed E-state index contributed by atoms with van der Waals surface area (Å²) in [7, 11) is 0. The van der Waals surface area contributed by atoms with E-state index in [0.29, 0.717) is 16.9 Å². The summed E-state index contributed by atoms with van der Waals surface area (Å²) in [5.41, 5.74) is 0.262. The Balaban J connectivity index is 2.36. The zero-order chi connectivity index (χ0) is 15.2. The minimum Gasteiger partial charge on any atom is -0.483 e. The van der Waals surface area contributed by atoms with Gasteiger partial charge in [-0.1, -0.05) is 0 Å². The number of ether oxygens (including phenoxy) is 2. The maximum absolute atomic E-state index is 12.1. The number of carbonyl (C=O) groups excluding carboxylic acids is 1. The fourth-order valence-electron chi connectivity index (χ4n) is 2.31. The number of carbonyl (C=O) groups is 1. The molecule has 3 rings (SSSR count). The molecule has 0 atom stereocenters. The predicted molar refractivity (Wildman–Crippen MR) is 77.5 cm³/mol. The van der Waals surface area contributed by atoms with Gasteiger partial charge in [-0.25, -0.2) is 0 Å². The van der Waals surface area contributed by atoms with Crippen molar-refractivity contribution >= 4 is 23.0 Å². The van der Waals surface area contributed by atoms with E-state index in [1.165, 1.54) is 19.3 Å². The normalized spacial score (nSPS) is 15.4. The molecule has 21 heavy (non-hydrogen) atoms. The van der Waals surface area contributed by atoms with Gasteiger partial charge in [0.1, 0.15) is 22.5 Å². The largest absolute Gasteiger partial charge is 0.483 e. The Hall–Kier alpha value is -2.56. The number of esters is 1. The standard InChI is InChI=1S/C16H14O5/c1-9(17)20-13-8-12-10(4-6-16(2,3)21-12)15-14(13)11(18)5-7-19-15/h4-8H,1-3H3. The van der Waals surface area contributed by atoms with Crippen LogP contribution in [-0.2, 0) is 4.79 Å². The summed E-state index contributed by atoms with van der Waals surface area (Å²) in [5, 5.41) is 0.236. The minimum absolute atomic E-state index is 0.150. The van der Waals surface area contributed by atoms with Crippen molar-refractivity contribution in [2.75, 3.05) is 0 Å². The van der Waals surface area contributed by atoms with Crippen molar-refractivity contribution in [3.8, 4) is 11.5 Å². The molecule has 2 heterocycles. The molecule has 0 unspecified atom stereocenters. The molecule has 1 aliphatic heterocycles. The Kier molecular flexibility index (Phi) is 2.86. The molecule has 0 aliphatic carbocycles. The van der Waals surface area contributed by atoms with Crippen molar-refractivity contribution in [1.82, 2.24) is 0 Å². The molecule has 108 valence electrons. The number of hydrogen-bond donors (Lipinski definition) is 0. The van der Waals surface area contributed by atoms with Gasteiger partial charge < -0.3 is 13.9 Å². The van der Waals surface area contributed by atoms with E-state index in [2.05, 4.69) is 0 Å². The van der Waals surface area contributed by atoms with E-state index in [1.807, 2.05) is 26.0 Å². The van der Waals surface area contributed by atoms with E-state index < -0.39 is 11.6 Å². The Bertz CT molecular complexity index is 826. The third kappa shape index (κ3) is 2.31. The van der Waals surface area contributed by atoms with Gasteiger partial charge in [-0.2, -0.15) is 0 Å². The first kappa shape index (κ1) is 13.4. The summed E-state index contributed by atoms with van der Waals surface area (Å²) >= 11 is 0. The average molecular weight is 286 g/mol. The molecule has 0 amide bonds. The Morgan fingerprint density at radius 3 is 2.81 bits per heavy atom. The van der Waals surface area contributed by atoms with Crippen LogP contribution >= 0.6 is 0 Å². The van der Waals surface area contributed by atoms with E-state index in [9.17, 15) is 9.59 Å². The summed E-state index contributed by atoms with van der Waals surface area (Å²) in [6.07, 6.45) is 5.05. The van der Waals surface area contributed by atoms with E-state index >= 15 is 0 Å². The number of hydrogen-bond acceptors (Lipinski definition) is 5. The fourth-order valence-corrected chi connectivity index (χ4v) is 2.31. The van der Waals surface area contributed by atoms with E-state index in [4.69, 9.17) is 13.9 Å². The van der Waals surface area contributed by atoms with Gasteiger partial charge in [0, 0.05) is 19.1 Å². The smallest absolute Gasteiger partial charge is 0.308 e. The van der Waals surface area contributed by atoms with Crippen molar-refractivity contribution in [2.45, 2.75) is 26.4 Å². The summed E-state index contributed by atoms with van der Waals surface area (Å²) in [6, 6.07) is 2.85. The molecule has 0 saturated heterocycles. The van der Waals surface area contributed by atoms with Crippen molar-refractivity contribution in [3.05, 3.63) is 40.3 Å². The fraction of sp³-hybridized carbons (Fsp3) is 0.250. The molecule has 1 aromatic heterocycles. The van der Waals surface area contributed by atoms with E-state index in [0.717, 1.165) is 0 Å². The lowest BCUT2D eigenvalue weighted by Crippen LogP contribution is -2.27. The molecule has 2 aromatic rings. The minimum atomic E-state index is -0.509. The highest BCUT2D eigenvalue weighted by Gasteiger charge is 2.26. The zero-order valence-corrected chi connectivity index (χ0v) is 11.9. The lowest BCUT2D eigenvalue weighted by Gasteiger charge is -2.28. The van der Waals surface area contributed by atoms with Crippen LogP contribution in [0.4, 0.5) is 0 Å². The maximum Gasteiger partial charge on any atom is 0.308 e. The molecule has 0 saturated carbocycles. The van der Waals surface area contributed by atoms with Crippen LogP contribution < -0.4 is 14.9 Å². The van der Waals surface area contributed by atoms with Gasteiger partial charge in [0.25, 0.3) is 0 Å². The van der Waals surface area contributed by atoms with Gasteiger partial charge in [0.05, 0.1) is 11.8 Å². The number of benzene rings is 1. The molecule has 0 N–H and O–H groups in total. The van der Waals surface area contributed by atoms with Crippen LogP contribution in [0.1, 0.15) is 26.3 Å². The van der Waals surface area contributed by atoms with Gasteiger partial charge >= 0.3 is 5.97 Å². The highest BCUT2D eigenvalue weighted by molar-refractivity contribution is 5.94. The van der Waals surface area contributed by atoms with Crippen molar-refractivity contribution in [2.24, 2.45) is 0 Å². The summed E-state index contributed by atoms with van der Waals surface area (Å²) in [6.45, 7) is 5.09. The Labute approximate surface area is 120 Å². The maximum atomic E-state index is 12.1. The van der Waals surface area contributed by atoms with Crippen LogP contribution in [0.3, 0.4) is 0 Å². The molecule has 0 radical (unpaired) electrons. The number of fused-ring (bicyclic) bond motifs is 3. The Morgan fingerprint density at radius 1 is 1.33 bits per heavy atom. The topological polar surface area (TPSA) is 65.7 Å². The van der Waals surface area contributed by atoms with Gasteiger partial charge in [-0.05, 0) is 26.0 Å². The third-order valence-electron chi connectivity index (χ3n) is 3.18. The molecular formula is C16H14O5. The molecule has 0 bridgehead atoms. The third-order valence-corrected chi connectivity index (χ3v) is 3.18. The second-order valence-corrected chi connectivity index (χ2v) is 5.41. The second kappa shape index (κ2) is 4.48. The SMILES string of the molecule is CC(=O)Oc1cc2c(c3occc(=O)c13)C=CC(C)(C)O2. The van der Waals surface area contributed by atoms with Crippen LogP contribution in [-0.4, -0.2) is 11.6 Å². The molecule has 1 aliphatic rings. The monoisotopic (exact) mass is 286 g/mol. The van der Waals surface area contributed by atoms with Gasteiger partial charge in [0.2, 0.25) is 0 Å². The first-order chi connectivity index (χ1) is 9.87. The lowest BCUT2D eigenvalue weighted by molar-refractivity contribution is -0.131. The van der Waals surface area contributed by atoms with Crippen LogP contribution in [0.25, 0.3) is 17.0 Å². The summed E-state index contributed by atoms with van der Waals surface area (Å²) in [5.74, 6) is 0.155. The lowest BCUT2D eigenvalue weighted by atomic mass is 10.00.